The van der Waals surface area contributed by atoms with Gasteiger partial charge in [-0.2, -0.15) is 0 Å². The van der Waals surface area contributed by atoms with E-state index in [-0.39, 0.29) is 12.5 Å². The van der Waals surface area contributed by atoms with Crippen molar-refractivity contribution in [3.8, 4) is 11.5 Å². The highest BCUT2D eigenvalue weighted by atomic mass is 79.9. The summed E-state index contributed by atoms with van der Waals surface area (Å²) in [5.74, 6) is 0.659. The molecule has 0 unspecified atom stereocenters. The number of carbonyl (C=O) groups is 2. The van der Waals surface area contributed by atoms with E-state index in [0.29, 0.717) is 17.1 Å². The van der Waals surface area contributed by atoms with Crippen LogP contribution in [0.25, 0.3) is 0 Å². The number of hydrogen-bond acceptors (Lipinski definition) is 4. The van der Waals surface area contributed by atoms with Crippen LogP contribution in [0.2, 0.25) is 0 Å². The Morgan fingerprint density at radius 2 is 1.77 bits per heavy atom. The van der Waals surface area contributed by atoms with Crippen LogP contribution in [0.5, 0.6) is 11.5 Å². The molecular formula is C19H21BrN2O4. The summed E-state index contributed by atoms with van der Waals surface area (Å²) >= 11 is 3.43. The minimum atomic E-state index is -0.454. The van der Waals surface area contributed by atoms with E-state index in [1.54, 1.807) is 31.4 Å². The summed E-state index contributed by atoms with van der Waals surface area (Å²) in [4.78, 5) is 23.9. The van der Waals surface area contributed by atoms with E-state index in [1.165, 1.54) is 0 Å². The lowest BCUT2D eigenvalue weighted by Crippen LogP contribution is -2.43. The molecule has 2 amide bonds. The highest BCUT2D eigenvalue weighted by molar-refractivity contribution is 9.10. The van der Waals surface area contributed by atoms with Crippen LogP contribution in [0.1, 0.15) is 35.7 Å². The van der Waals surface area contributed by atoms with Gasteiger partial charge in [0.2, 0.25) is 0 Å². The number of benzene rings is 2. The van der Waals surface area contributed by atoms with Gasteiger partial charge in [-0.15, -0.1) is 0 Å². The fraction of sp³-hybridized carbons (Fsp3) is 0.263. The molecule has 0 aliphatic carbocycles. The van der Waals surface area contributed by atoms with Crippen LogP contribution in [0.4, 0.5) is 0 Å². The van der Waals surface area contributed by atoms with Gasteiger partial charge in [0.1, 0.15) is 11.5 Å². The third-order valence-electron chi connectivity index (χ3n) is 3.62. The molecule has 2 aromatic carbocycles. The van der Waals surface area contributed by atoms with Gasteiger partial charge in [0.15, 0.2) is 6.61 Å². The van der Waals surface area contributed by atoms with E-state index in [0.717, 1.165) is 10.0 Å². The SMILES string of the molecule is COc1ccc(C(=O)NNC(=O)COc2ccc(Br)cc2C(C)C)cc1. The second kappa shape index (κ2) is 9.24. The van der Waals surface area contributed by atoms with Gasteiger partial charge in [0.25, 0.3) is 11.8 Å². The summed E-state index contributed by atoms with van der Waals surface area (Å²) in [5, 5.41) is 0. The molecule has 0 saturated carbocycles. The van der Waals surface area contributed by atoms with Gasteiger partial charge in [-0.05, 0) is 53.9 Å². The van der Waals surface area contributed by atoms with Gasteiger partial charge in [0, 0.05) is 10.0 Å². The maximum absolute atomic E-state index is 12.0. The first kappa shape index (κ1) is 19.8. The molecule has 0 radical (unpaired) electrons. The van der Waals surface area contributed by atoms with Crippen molar-refractivity contribution in [3.05, 3.63) is 58.1 Å². The van der Waals surface area contributed by atoms with Crippen LogP contribution >= 0.6 is 15.9 Å². The summed E-state index contributed by atoms with van der Waals surface area (Å²) in [6.45, 7) is 3.89. The summed E-state index contributed by atoms with van der Waals surface area (Å²) in [7, 11) is 1.55. The van der Waals surface area contributed by atoms with Crippen molar-refractivity contribution in [2.45, 2.75) is 19.8 Å². The van der Waals surface area contributed by atoms with Gasteiger partial charge in [0.05, 0.1) is 7.11 Å². The number of carbonyl (C=O) groups excluding carboxylic acids is 2. The molecule has 0 aliphatic heterocycles. The van der Waals surface area contributed by atoms with E-state index in [1.807, 2.05) is 32.0 Å². The second-order valence-electron chi connectivity index (χ2n) is 5.86. The van der Waals surface area contributed by atoms with Crippen molar-refractivity contribution >= 4 is 27.7 Å². The molecule has 2 aromatic rings. The highest BCUT2D eigenvalue weighted by Crippen LogP contribution is 2.29. The molecule has 26 heavy (non-hydrogen) atoms. The van der Waals surface area contributed by atoms with Crippen molar-refractivity contribution in [3.63, 3.8) is 0 Å². The Bertz CT molecular complexity index is 776. The Hall–Kier alpha value is -2.54. The third kappa shape index (κ3) is 5.49. The first-order valence-corrected chi connectivity index (χ1v) is 8.85. The number of hydrogen-bond donors (Lipinski definition) is 2. The lowest BCUT2D eigenvalue weighted by molar-refractivity contribution is -0.123. The molecule has 7 heteroatoms. The fourth-order valence-corrected chi connectivity index (χ4v) is 2.60. The zero-order chi connectivity index (χ0) is 19.1. The van der Waals surface area contributed by atoms with E-state index in [4.69, 9.17) is 9.47 Å². The van der Waals surface area contributed by atoms with Crippen molar-refractivity contribution < 1.29 is 19.1 Å². The average molecular weight is 421 g/mol. The fourth-order valence-electron chi connectivity index (χ4n) is 2.22. The Balaban J connectivity index is 1.86. The molecule has 0 aliphatic rings. The maximum Gasteiger partial charge on any atom is 0.276 e. The normalized spacial score (nSPS) is 10.3. The smallest absolute Gasteiger partial charge is 0.276 e. The number of methoxy groups -OCH3 is 1. The highest BCUT2D eigenvalue weighted by Gasteiger charge is 2.12. The Morgan fingerprint density at radius 3 is 2.38 bits per heavy atom. The Kier molecular flexibility index (Phi) is 7.03. The van der Waals surface area contributed by atoms with Crippen molar-refractivity contribution in [2.24, 2.45) is 0 Å². The van der Waals surface area contributed by atoms with E-state index in [2.05, 4.69) is 26.8 Å². The monoisotopic (exact) mass is 420 g/mol. The predicted octanol–water partition coefficient (Wildman–Crippen LogP) is 3.42. The summed E-state index contributed by atoms with van der Waals surface area (Å²) in [5.41, 5.74) is 6.09. The topological polar surface area (TPSA) is 76.7 Å². The lowest BCUT2D eigenvalue weighted by Gasteiger charge is -2.14. The van der Waals surface area contributed by atoms with E-state index >= 15 is 0 Å². The summed E-state index contributed by atoms with van der Waals surface area (Å²) in [6.07, 6.45) is 0. The minimum absolute atomic E-state index is 0.204. The van der Waals surface area contributed by atoms with Crippen LogP contribution in [-0.2, 0) is 4.79 Å². The van der Waals surface area contributed by atoms with Crippen LogP contribution < -0.4 is 20.3 Å². The zero-order valence-corrected chi connectivity index (χ0v) is 16.4. The molecule has 0 aromatic heterocycles. The van der Waals surface area contributed by atoms with Crippen LogP contribution in [0.3, 0.4) is 0 Å². The standard InChI is InChI=1S/C19H21BrN2O4/c1-12(2)16-10-14(20)6-9-17(16)26-11-18(23)21-22-19(24)13-4-7-15(25-3)8-5-13/h4-10,12H,11H2,1-3H3,(H,21,23)(H,22,24). The summed E-state index contributed by atoms with van der Waals surface area (Å²) < 4.78 is 11.6. The molecule has 2 rings (SSSR count). The molecule has 0 fully saturated rings. The first-order valence-electron chi connectivity index (χ1n) is 8.06. The van der Waals surface area contributed by atoms with Gasteiger partial charge >= 0.3 is 0 Å². The molecule has 2 N–H and O–H groups in total. The average Bonchev–Trinajstić information content (AvgIpc) is 2.65. The molecule has 0 bridgehead atoms. The van der Waals surface area contributed by atoms with Crippen LogP contribution in [0.15, 0.2) is 46.9 Å². The Morgan fingerprint density at radius 1 is 1.08 bits per heavy atom. The zero-order valence-electron chi connectivity index (χ0n) is 14.8. The van der Waals surface area contributed by atoms with Gasteiger partial charge in [-0.3, -0.25) is 20.4 Å². The molecular weight excluding hydrogens is 400 g/mol. The van der Waals surface area contributed by atoms with Gasteiger partial charge in [-0.1, -0.05) is 29.8 Å². The molecule has 138 valence electrons. The molecule has 0 heterocycles. The third-order valence-corrected chi connectivity index (χ3v) is 4.11. The molecule has 0 atom stereocenters. The largest absolute Gasteiger partial charge is 0.497 e. The molecule has 6 nitrogen and oxygen atoms in total. The first-order chi connectivity index (χ1) is 12.4. The number of ether oxygens (including phenoxy) is 2. The Labute approximate surface area is 161 Å². The molecule has 0 saturated heterocycles. The van der Waals surface area contributed by atoms with Crippen molar-refractivity contribution in [2.75, 3.05) is 13.7 Å². The number of halogens is 1. The second-order valence-corrected chi connectivity index (χ2v) is 6.77. The van der Waals surface area contributed by atoms with Gasteiger partial charge < -0.3 is 9.47 Å². The lowest BCUT2D eigenvalue weighted by atomic mass is 10.0. The minimum Gasteiger partial charge on any atom is -0.497 e. The van der Waals surface area contributed by atoms with E-state index < -0.39 is 11.8 Å². The van der Waals surface area contributed by atoms with Crippen LogP contribution in [0, 0.1) is 0 Å². The van der Waals surface area contributed by atoms with Crippen molar-refractivity contribution in [1.29, 1.82) is 0 Å². The number of nitrogens with one attached hydrogen (secondary N) is 2. The van der Waals surface area contributed by atoms with Crippen LogP contribution in [-0.4, -0.2) is 25.5 Å². The number of hydrazine groups is 1. The summed E-state index contributed by atoms with van der Waals surface area (Å²) in [6, 6.07) is 12.2. The number of rotatable bonds is 6. The quantitative estimate of drug-likeness (QED) is 0.701. The number of amides is 2. The van der Waals surface area contributed by atoms with E-state index in [9.17, 15) is 9.59 Å². The van der Waals surface area contributed by atoms with Gasteiger partial charge in [-0.25, -0.2) is 0 Å². The molecule has 0 spiro atoms. The maximum atomic E-state index is 12.0. The predicted molar refractivity (Wildman–Crippen MR) is 102 cm³/mol. The van der Waals surface area contributed by atoms with Crippen molar-refractivity contribution in [1.82, 2.24) is 10.9 Å².